The maximum atomic E-state index is 11.1. The molecule has 0 aliphatic carbocycles. The van der Waals surface area contributed by atoms with Gasteiger partial charge in [0.15, 0.2) is 5.76 Å². The van der Waals surface area contributed by atoms with Crippen molar-refractivity contribution in [3.63, 3.8) is 0 Å². The summed E-state index contributed by atoms with van der Waals surface area (Å²) in [6.07, 6.45) is 0.515. The molecule has 1 heterocycles. The Labute approximate surface area is 92.5 Å². The van der Waals surface area contributed by atoms with Crippen molar-refractivity contribution in [3.05, 3.63) is 41.7 Å². The van der Waals surface area contributed by atoms with Crippen LogP contribution in [0.5, 0.6) is 0 Å². The van der Waals surface area contributed by atoms with Gasteiger partial charge in [0, 0.05) is 12.0 Å². The van der Waals surface area contributed by atoms with E-state index in [2.05, 4.69) is 5.16 Å². The molecule has 82 valence electrons. The number of carboxylic acid groups (broad SMARTS) is 1. The highest BCUT2D eigenvalue weighted by Crippen LogP contribution is 2.25. The Morgan fingerprint density at radius 3 is 2.62 bits per heavy atom. The van der Waals surface area contributed by atoms with Crippen molar-refractivity contribution in [2.75, 3.05) is 0 Å². The van der Waals surface area contributed by atoms with Gasteiger partial charge < -0.3 is 9.63 Å². The van der Waals surface area contributed by atoms with E-state index >= 15 is 0 Å². The summed E-state index contributed by atoms with van der Waals surface area (Å²) in [5.74, 6) is -0.594. The van der Waals surface area contributed by atoms with E-state index in [1.807, 2.05) is 37.3 Å². The molecular weight excluding hydrogens is 206 g/mol. The van der Waals surface area contributed by atoms with Crippen LogP contribution in [0.4, 0.5) is 0 Å². The van der Waals surface area contributed by atoms with Gasteiger partial charge in [-0.1, -0.05) is 42.4 Å². The second kappa shape index (κ2) is 4.18. The van der Waals surface area contributed by atoms with Crippen molar-refractivity contribution >= 4 is 5.97 Å². The second-order valence-electron chi connectivity index (χ2n) is 3.35. The molecule has 1 N–H and O–H groups in total. The SMILES string of the molecule is CCc1onc(-c2ccccc2)c1C(=O)O. The summed E-state index contributed by atoms with van der Waals surface area (Å²) in [5, 5.41) is 13.0. The Kier molecular flexibility index (Phi) is 2.72. The summed E-state index contributed by atoms with van der Waals surface area (Å²) < 4.78 is 5.03. The predicted octanol–water partition coefficient (Wildman–Crippen LogP) is 2.60. The molecular formula is C12H11NO3. The Balaban J connectivity index is 2.58. The van der Waals surface area contributed by atoms with Gasteiger partial charge in [-0.05, 0) is 0 Å². The van der Waals surface area contributed by atoms with Crippen LogP contribution in [0.1, 0.15) is 23.0 Å². The first-order chi connectivity index (χ1) is 7.74. The van der Waals surface area contributed by atoms with E-state index in [-0.39, 0.29) is 5.56 Å². The zero-order valence-corrected chi connectivity index (χ0v) is 8.80. The third-order valence-corrected chi connectivity index (χ3v) is 2.34. The number of carboxylic acids is 1. The van der Waals surface area contributed by atoms with Gasteiger partial charge in [-0.2, -0.15) is 0 Å². The number of hydrogen-bond acceptors (Lipinski definition) is 3. The van der Waals surface area contributed by atoms with Crippen LogP contribution in [0.25, 0.3) is 11.3 Å². The van der Waals surface area contributed by atoms with Crippen LogP contribution in [-0.2, 0) is 6.42 Å². The van der Waals surface area contributed by atoms with Crippen molar-refractivity contribution in [2.45, 2.75) is 13.3 Å². The highest BCUT2D eigenvalue weighted by Gasteiger charge is 2.21. The number of nitrogens with zero attached hydrogens (tertiary/aromatic N) is 1. The first-order valence-electron chi connectivity index (χ1n) is 5.01. The van der Waals surface area contributed by atoms with Gasteiger partial charge in [0.05, 0.1) is 0 Å². The topological polar surface area (TPSA) is 63.3 Å². The maximum absolute atomic E-state index is 11.1. The lowest BCUT2D eigenvalue weighted by molar-refractivity contribution is 0.0695. The highest BCUT2D eigenvalue weighted by molar-refractivity contribution is 5.95. The summed E-state index contributed by atoms with van der Waals surface area (Å²) in [6.45, 7) is 1.84. The van der Waals surface area contributed by atoms with Gasteiger partial charge >= 0.3 is 5.97 Å². The summed E-state index contributed by atoms with van der Waals surface area (Å²) in [7, 11) is 0. The van der Waals surface area contributed by atoms with Crippen molar-refractivity contribution in [1.82, 2.24) is 5.16 Å². The predicted molar refractivity (Wildman–Crippen MR) is 58.3 cm³/mol. The first-order valence-corrected chi connectivity index (χ1v) is 5.01. The van der Waals surface area contributed by atoms with Crippen LogP contribution in [0.3, 0.4) is 0 Å². The van der Waals surface area contributed by atoms with Crippen molar-refractivity contribution in [2.24, 2.45) is 0 Å². The van der Waals surface area contributed by atoms with Crippen LogP contribution in [0, 0.1) is 0 Å². The van der Waals surface area contributed by atoms with Gasteiger partial charge in [0.2, 0.25) is 0 Å². The third-order valence-electron chi connectivity index (χ3n) is 2.34. The highest BCUT2D eigenvalue weighted by atomic mass is 16.5. The Morgan fingerprint density at radius 1 is 1.38 bits per heavy atom. The van der Waals surface area contributed by atoms with Crippen LogP contribution >= 0.6 is 0 Å². The molecule has 0 spiro atoms. The normalized spacial score (nSPS) is 10.3. The molecule has 0 saturated carbocycles. The van der Waals surface area contributed by atoms with Crippen LogP contribution in [-0.4, -0.2) is 16.2 Å². The molecule has 0 amide bonds. The molecule has 0 aliphatic rings. The van der Waals surface area contributed by atoms with Gasteiger partial charge in [-0.25, -0.2) is 4.79 Å². The van der Waals surface area contributed by atoms with Gasteiger partial charge in [0.1, 0.15) is 11.3 Å². The molecule has 0 fully saturated rings. The smallest absolute Gasteiger partial charge is 0.341 e. The Hall–Kier alpha value is -2.10. The minimum atomic E-state index is -1.00. The first kappa shape index (κ1) is 10.4. The molecule has 1 aromatic heterocycles. The van der Waals surface area contributed by atoms with E-state index in [9.17, 15) is 4.79 Å². The Bertz CT molecular complexity index is 502. The van der Waals surface area contributed by atoms with Crippen LogP contribution in [0.2, 0.25) is 0 Å². The lowest BCUT2D eigenvalue weighted by Gasteiger charge is -1.97. The molecule has 0 saturated heterocycles. The quantitative estimate of drug-likeness (QED) is 0.858. The van der Waals surface area contributed by atoms with Crippen LogP contribution in [0.15, 0.2) is 34.9 Å². The number of benzene rings is 1. The molecule has 0 bridgehead atoms. The van der Waals surface area contributed by atoms with E-state index in [0.29, 0.717) is 17.9 Å². The van der Waals surface area contributed by atoms with Gasteiger partial charge in [-0.3, -0.25) is 0 Å². The van der Waals surface area contributed by atoms with Gasteiger partial charge in [-0.15, -0.1) is 0 Å². The molecule has 2 aromatic rings. The average Bonchev–Trinajstić information content (AvgIpc) is 2.73. The molecule has 4 nitrogen and oxygen atoms in total. The van der Waals surface area contributed by atoms with E-state index in [1.165, 1.54) is 0 Å². The lowest BCUT2D eigenvalue weighted by atomic mass is 10.1. The van der Waals surface area contributed by atoms with E-state index in [1.54, 1.807) is 0 Å². The third kappa shape index (κ3) is 1.69. The second-order valence-corrected chi connectivity index (χ2v) is 3.35. The monoisotopic (exact) mass is 217 g/mol. The average molecular weight is 217 g/mol. The Morgan fingerprint density at radius 2 is 2.06 bits per heavy atom. The number of rotatable bonds is 3. The number of aromatic nitrogens is 1. The molecule has 0 aliphatic heterocycles. The van der Waals surface area contributed by atoms with Gasteiger partial charge in [0.25, 0.3) is 0 Å². The number of hydrogen-bond donors (Lipinski definition) is 1. The molecule has 4 heteroatoms. The van der Waals surface area contributed by atoms with E-state index < -0.39 is 5.97 Å². The fourth-order valence-electron chi connectivity index (χ4n) is 1.58. The molecule has 0 radical (unpaired) electrons. The molecule has 1 aromatic carbocycles. The lowest BCUT2D eigenvalue weighted by Crippen LogP contribution is -2.00. The number of carbonyl (C=O) groups is 1. The zero-order valence-electron chi connectivity index (χ0n) is 8.80. The van der Waals surface area contributed by atoms with Crippen molar-refractivity contribution < 1.29 is 14.4 Å². The summed E-state index contributed by atoms with van der Waals surface area (Å²) in [6, 6.07) is 9.15. The minimum Gasteiger partial charge on any atom is -0.477 e. The molecule has 2 rings (SSSR count). The number of aromatic carboxylic acids is 1. The van der Waals surface area contributed by atoms with Crippen molar-refractivity contribution in [1.29, 1.82) is 0 Å². The fraction of sp³-hybridized carbons (Fsp3) is 0.167. The largest absolute Gasteiger partial charge is 0.477 e. The van der Waals surface area contributed by atoms with E-state index in [4.69, 9.17) is 9.63 Å². The summed E-state index contributed by atoms with van der Waals surface area (Å²) >= 11 is 0. The fourth-order valence-corrected chi connectivity index (χ4v) is 1.58. The maximum Gasteiger partial charge on any atom is 0.341 e. The zero-order chi connectivity index (χ0) is 11.5. The van der Waals surface area contributed by atoms with Crippen LogP contribution < -0.4 is 0 Å². The van der Waals surface area contributed by atoms with E-state index in [0.717, 1.165) is 5.56 Å². The molecule has 0 atom stereocenters. The minimum absolute atomic E-state index is 0.161. The summed E-state index contributed by atoms with van der Waals surface area (Å²) in [5.41, 5.74) is 1.31. The number of aryl methyl sites for hydroxylation is 1. The summed E-state index contributed by atoms with van der Waals surface area (Å²) in [4.78, 5) is 11.1. The molecule has 0 unspecified atom stereocenters. The molecule has 16 heavy (non-hydrogen) atoms. The standard InChI is InChI=1S/C12H11NO3/c1-2-9-10(12(14)15)11(13-16-9)8-6-4-3-5-7-8/h3-7H,2H2,1H3,(H,14,15). The van der Waals surface area contributed by atoms with Crippen molar-refractivity contribution in [3.8, 4) is 11.3 Å².